The van der Waals surface area contributed by atoms with Crippen LogP contribution in [0.1, 0.15) is 0 Å². The molecule has 6 heteroatoms. The fourth-order valence-corrected chi connectivity index (χ4v) is 1.01. The molecule has 0 aliphatic carbocycles. The molecule has 0 radical (unpaired) electrons. The molecule has 0 fully saturated rings. The van der Waals surface area contributed by atoms with Crippen LogP contribution < -0.4 is 5.56 Å². The first-order valence-electron chi connectivity index (χ1n) is 3.65. The Morgan fingerprint density at radius 2 is 2.38 bits per heavy atom. The monoisotopic (exact) mass is 204 g/mol. The van der Waals surface area contributed by atoms with E-state index >= 15 is 0 Å². The van der Waals surface area contributed by atoms with Crippen LogP contribution in [0.3, 0.4) is 0 Å². The van der Waals surface area contributed by atoms with E-state index in [-0.39, 0.29) is 11.7 Å². The molecule has 0 saturated heterocycles. The predicted octanol–water partition coefficient (Wildman–Crippen LogP) is -0.750. The Labute approximate surface area is 79.2 Å². The highest BCUT2D eigenvalue weighted by Crippen LogP contribution is 1.94. The van der Waals surface area contributed by atoms with E-state index in [1.54, 1.807) is 0 Å². The molecule has 0 bridgehead atoms. The van der Waals surface area contributed by atoms with Crippen molar-refractivity contribution in [3.8, 4) is 0 Å². The molecule has 1 heterocycles. The number of aliphatic hydroxyl groups is 2. The standard InChI is InChI=1S/C7H9ClN2O3/c8-6-7(13)10(2-1-9-6)3-5(12)4-11/h1-2,5,11-12H,3-4H2. The predicted molar refractivity (Wildman–Crippen MR) is 46.6 cm³/mol. The smallest absolute Gasteiger partial charge is 0.288 e. The first-order valence-corrected chi connectivity index (χ1v) is 4.03. The van der Waals surface area contributed by atoms with Crippen molar-refractivity contribution in [2.24, 2.45) is 0 Å². The van der Waals surface area contributed by atoms with Crippen molar-refractivity contribution in [3.63, 3.8) is 0 Å². The van der Waals surface area contributed by atoms with Crippen molar-refractivity contribution in [2.45, 2.75) is 12.6 Å². The van der Waals surface area contributed by atoms with Crippen LogP contribution in [0, 0.1) is 0 Å². The van der Waals surface area contributed by atoms with Crippen LogP contribution in [0.4, 0.5) is 0 Å². The molecule has 1 rings (SSSR count). The Balaban J connectivity index is 2.89. The highest BCUT2D eigenvalue weighted by Gasteiger charge is 2.06. The Morgan fingerprint density at radius 1 is 1.69 bits per heavy atom. The normalized spacial score (nSPS) is 12.8. The second kappa shape index (κ2) is 4.36. The zero-order valence-electron chi connectivity index (χ0n) is 6.72. The number of nitrogens with zero attached hydrogens (tertiary/aromatic N) is 2. The summed E-state index contributed by atoms with van der Waals surface area (Å²) < 4.78 is 1.19. The number of aromatic nitrogens is 2. The number of halogens is 1. The summed E-state index contributed by atoms with van der Waals surface area (Å²) in [6, 6.07) is 0. The van der Waals surface area contributed by atoms with Crippen molar-refractivity contribution in [1.82, 2.24) is 9.55 Å². The fourth-order valence-electron chi connectivity index (χ4n) is 0.849. The Morgan fingerprint density at radius 3 is 3.00 bits per heavy atom. The van der Waals surface area contributed by atoms with Crippen molar-refractivity contribution in [1.29, 1.82) is 0 Å². The van der Waals surface area contributed by atoms with Gasteiger partial charge in [0.2, 0.25) is 0 Å². The van der Waals surface area contributed by atoms with Crippen molar-refractivity contribution < 1.29 is 10.2 Å². The lowest BCUT2D eigenvalue weighted by Crippen LogP contribution is -2.28. The van der Waals surface area contributed by atoms with Gasteiger partial charge >= 0.3 is 0 Å². The second-order valence-electron chi connectivity index (χ2n) is 2.51. The van der Waals surface area contributed by atoms with E-state index in [0.29, 0.717) is 0 Å². The van der Waals surface area contributed by atoms with Crippen molar-refractivity contribution in [2.75, 3.05) is 6.61 Å². The molecule has 2 N–H and O–H groups in total. The molecule has 5 nitrogen and oxygen atoms in total. The third-order valence-electron chi connectivity index (χ3n) is 1.49. The van der Waals surface area contributed by atoms with Crippen LogP contribution >= 0.6 is 11.6 Å². The molecule has 13 heavy (non-hydrogen) atoms. The van der Waals surface area contributed by atoms with Crippen LogP contribution in [0.2, 0.25) is 5.15 Å². The summed E-state index contributed by atoms with van der Waals surface area (Å²) in [5, 5.41) is 17.5. The van der Waals surface area contributed by atoms with Gasteiger partial charge in [0.25, 0.3) is 5.56 Å². The summed E-state index contributed by atoms with van der Waals surface area (Å²) in [6.07, 6.45) is 1.79. The van der Waals surface area contributed by atoms with Crippen LogP contribution in [0.5, 0.6) is 0 Å². The van der Waals surface area contributed by atoms with E-state index in [1.807, 2.05) is 0 Å². The maximum absolute atomic E-state index is 11.2. The highest BCUT2D eigenvalue weighted by atomic mass is 35.5. The highest BCUT2D eigenvalue weighted by molar-refractivity contribution is 6.29. The fraction of sp³-hybridized carbons (Fsp3) is 0.429. The van der Waals surface area contributed by atoms with Crippen LogP contribution in [0.15, 0.2) is 17.2 Å². The van der Waals surface area contributed by atoms with Crippen LogP contribution in [-0.4, -0.2) is 32.5 Å². The van der Waals surface area contributed by atoms with Crippen molar-refractivity contribution >= 4 is 11.6 Å². The molecule has 0 saturated carbocycles. The molecule has 0 spiro atoms. The maximum atomic E-state index is 11.2. The molecule has 1 unspecified atom stereocenters. The lowest BCUT2D eigenvalue weighted by molar-refractivity contribution is 0.0803. The number of hydrogen-bond donors (Lipinski definition) is 2. The Bertz CT molecular complexity index is 339. The number of aliphatic hydroxyl groups excluding tert-OH is 2. The topological polar surface area (TPSA) is 75.4 Å². The largest absolute Gasteiger partial charge is 0.394 e. The third-order valence-corrected chi connectivity index (χ3v) is 1.75. The van der Waals surface area contributed by atoms with Gasteiger partial charge in [-0.15, -0.1) is 0 Å². The van der Waals surface area contributed by atoms with Gasteiger partial charge in [-0.1, -0.05) is 11.6 Å². The number of rotatable bonds is 3. The molecule has 0 aliphatic heterocycles. The molecular formula is C7H9ClN2O3. The zero-order valence-corrected chi connectivity index (χ0v) is 7.48. The van der Waals surface area contributed by atoms with Gasteiger partial charge in [-0.2, -0.15) is 0 Å². The average molecular weight is 205 g/mol. The third kappa shape index (κ3) is 2.51. The van der Waals surface area contributed by atoms with E-state index in [1.165, 1.54) is 17.0 Å². The summed E-state index contributed by atoms with van der Waals surface area (Å²) in [5.41, 5.74) is -0.475. The first kappa shape index (κ1) is 10.2. The van der Waals surface area contributed by atoms with Gasteiger partial charge in [-0.25, -0.2) is 4.98 Å². The Kier molecular flexibility index (Phi) is 3.41. The number of hydrogen-bond acceptors (Lipinski definition) is 4. The van der Waals surface area contributed by atoms with E-state index in [4.69, 9.17) is 21.8 Å². The summed E-state index contributed by atoms with van der Waals surface area (Å²) >= 11 is 5.45. The average Bonchev–Trinajstić information content (AvgIpc) is 2.13. The lowest BCUT2D eigenvalue weighted by Gasteiger charge is -2.08. The van der Waals surface area contributed by atoms with Gasteiger partial charge in [0.05, 0.1) is 19.3 Å². The maximum Gasteiger partial charge on any atom is 0.288 e. The molecule has 1 aromatic rings. The van der Waals surface area contributed by atoms with Gasteiger partial charge in [-0.3, -0.25) is 4.79 Å². The molecule has 0 amide bonds. The minimum atomic E-state index is -0.962. The van der Waals surface area contributed by atoms with E-state index in [9.17, 15) is 4.79 Å². The van der Waals surface area contributed by atoms with Crippen molar-refractivity contribution in [3.05, 3.63) is 27.9 Å². The summed E-state index contributed by atoms with van der Waals surface area (Å²) in [5.74, 6) is 0. The minimum Gasteiger partial charge on any atom is -0.394 e. The molecule has 1 aromatic heterocycles. The van der Waals surface area contributed by atoms with Crippen LogP contribution in [-0.2, 0) is 6.54 Å². The molecule has 72 valence electrons. The van der Waals surface area contributed by atoms with Gasteiger partial charge in [0.15, 0.2) is 5.15 Å². The van der Waals surface area contributed by atoms with Gasteiger partial charge in [0, 0.05) is 12.4 Å². The molecule has 0 aromatic carbocycles. The van der Waals surface area contributed by atoms with Crippen LogP contribution in [0.25, 0.3) is 0 Å². The van der Waals surface area contributed by atoms with Gasteiger partial charge in [-0.05, 0) is 0 Å². The lowest BCUT2D eigenvalue weighted by atomic mass is 10.4. The molecular weight excluding hydrogens is 196 g/mol. The van der Waals surface area contributed by atoms with E-state index < -0.39 is 18.3 Å². The van der Waals surface area contributed by atoms with Gasteiger partial charge < -0.3 is 14.8 Å². The van der Waals surface area contributed by atoms with E-state index in [2.05, 4.69) is 4.98 Å². The minimum absolute atomic E-state index is 0.0115. The first-order chi connectivity index (χ1) is 6.15. The van der Waals surface area contributed by atoms with Gasteiger partial charge in [0.1, 0.15) is 0 Å². The zero-order chi connectivity index (χ0) is 9.84. The second-order valence-corrected chi connectivity index (χ2v) is 2.87. The molecule has 0 aliphatic rings. The summed E-state index contributed by atoms with van der Waals surface area (Å²) in [7, 11) is 0. The summed E-state index contributed by atoms with van der Waals surface area (Å²) in [6.45, 7) is -0.385. The SMILES string of the molecule is O=c1c(Cl)nccn1CC(O)CO. The quantitative estimate of drug-likeness (QED) is 0.680. The molecule has 1 atom stereocenters. The Hall–Kier alpha value is -0.910. The summed E-state index contributed by atoms with van der Waals surface area (Å²) in [4.78, 5) is 14.8. The van der Waals surface area contributed by atoms with E-state index in [0.717, 1.165) is 0 Å².